The molecule has 1 N–H and O–H groups in total. The number of benzene rings is 1. The van der Waals surface area contributed by atoms with E-state index in [2.05, 4.69) is 15.3 Å². The Balaban J connectivity index is 2.39. The second-order valence-corrected chi connectivity index (χ2v) is 3.87. The lowest BCUT2D eigenvalue weighted by Crippen LogP contribution is -2.49. The summed E-state index contributed by atoms with van der Waals surface area (Å²) in [5, 5.41) is 5.81. The minimum absolute atomic E-state index is 0.261. The molecule has 0 unspecified atom stereocenters. The highest BCUT2D eigenvalue weighted by molar-refractivity contribution is 6.06. The van der Waals surface area contributed by atoms with Gasteiger partial charge in [-0.15, -0.1) is 0 Å². The quantitative estimate of drug-likeness (QED) is 0.491. The van der Waals surface area contributed by atoms with Crippen molar-refractivity contribution in [2.75, 3.05) is 11.4 Å². The monoisotopic (exact) mass is 245 g/mol. The van der Waals surface area contributed by atoms with E-state index in [1.165, 1.54) is 4.90 Å². The number of carbonyl (C=O) groups excluding carboxylic acids is 2. The van der Waals surface area contributed by atoms with E-state index in [4.69, 9.17) is 5.53 Å². The van der Waals surface area contributed by atoms with E-state index in [-0.39, 0.29) is 12.3 Å². The SMILES string of the molecule is Cc1c(N=[N+]=[N-])cccc1N1CCC(=O)NC1=O. The summed E-state index contributed by atoms with van der Waals surface area (Å²) in [6.45, 7) is 2.09. The highest BCUT2D eigenvalue weighted by Crippen LogP contribution is 2.29. The van der Waals surface area contributed by atoms with Crippen LogP contribution in [0.2, 0.25) is 0 Å². The number of hydrogen-bond donors (Lipinski definition) is 1. The zero-order valence-corrected chi connectivity index (χ0v) is 9.75. The molecule has 1 aromatic rings. The smallest absolute Gasteiger partial charge is 0.293 e. The Bertz CT molecular complexity index is 563. The molecule has 0 spiro atoms. The zero-order chi connectivity index (χ0) is 13.1. The van der Waals surface area contributed by atoms with Crippen LogP contribution in [0.5, 0.6) is 0 Å². The zero-order valence-electron chi connectivity index (χ0n) is 9.75. The van der Waals surface area contributed by atoms with Crippen molar-refractivity contribution in [3.05, 3.63) is 34.2 Å². The number of azide groups is 1. The van der Waals surface area contributed by atoms with Crippen molar-refractivity contribution < 1.29 is 9.59 Å². The van der Waals surface area contributed by atoms with E-state index in [9.17, 15) is 9.59 Å². The van der Waals surface area contributed by atoms with E-state index in [0.717, 1.165) is 0 Å². The summed E-state index contributed by atoms with van der Waals surface area (Å²) in [6, 6.07) is 4.68. The molecular formula is C11H11N5O2. The molecule has 7 heteroatoms. The molecule has 0 saturated carbocycles. The average molecular weight is 245 g/mol. The maximum atomic E-state index is 11.7. The molecule has 0 bridgehead atoms. The molecule has 0 aliphatic carbocycles. The molecule has 0 aromatic heterocycles. The second-order valence-electron chi connectivity index (χ2n) is 3.87. The first-order valence-electron chi connectivity index (χ1n) is 5.39. The van der Waals surface area contributed by atoms with Crippen LogP contribution >= 0.6 is 0 Å². The molecule has 2 rings (SSSR count). The summed E-state index contributed by atoms with van der Waals surface area (Å²) in [7, 11) is 0. The molecule has 18 heavy (non-hydrogen) atoms. The van der Waals surface area contributed by atoms with E-state index in [0.29, 0.717) is 23.5 Å². The van der Waals surface area contributed by atoms with Gasteiger partial charge in [0.15, 0.2) is 0 Å². The molecule has 1 aliphatic heterocycles. The molecule has 1 heterocycles. The molecule has 92 valence electrons. The van der Waals surface area contributed by atoms with Gasteiger partial charge in [-0.3, -0.25) is 15.0 Å². The van der Waals surface area contributed by atoms with Crippen molar-refractivity contribution in [3.63, 3.8) is 0 Å². The Kier molecular flexibility index (Phi) is 3.16. The fraction of sp³-hybridized carbons (Fsp3) is 0.273. The summed E-state index contributed by atoms with van der Waals surface area (Å²) >= 11 is 0. The van der Waals surface area contributed by atoms with Gasteiger partial charge in [-0.1, -0.05) is 17.2 Å². The third kappa shape index (κ3) is 2.11. The van der Waals surface area contributed by atoms with Gasteiger partial charge < -0.3 is 0 Å². The number of imide groups is 1. The lowest BCUT2D eigenvalue weighted by molar-refractivity contribution is -0.120. The minimum Gasteiger partial charge on any atom is -0.293 e. The van der Waals surface area contributed by atoms with Crippen molar-refractivity contribution in [2.45, 2.75) is 13.3 Å². The van der Waals surface area contributed by atoms with Gasteiger partial charge in [0, 0.05) is 29.3 Å². The first kappa shape index (κ1) is 11.9. The molecule has 1 aromatic carbocycles. The van der Waals surface area contributed by atoms with Crippen LogP contribution in [0.15, 0.2) is 23.3 Å². The van der Waals surface area contributed by atoms with Crippen LogP contribution in [0.4, 0.5) is 16.2 Å². The number of hydrogen-bond acceptors (Lipinski definition) is 3. The lowest BCUT2D eigenvalue weighted by atomic mass is 10.1. The lowest BCUT2D eigenvalue weighted by Gasteiger charge is -2.28. The summed E-state index contributed by atoms with van der Waals surface area (Å²) in [6.07, 6.45) is 0.261. The van der Waals surface area contributed by atoms with Gasteiger partial charge >= 0.3 is 6.03 Å². The number of amides is 3. The molecule has 1 aliphatic rings. The van der Waals surface area contributed by atoms with Crippen molar-refractivity contribution in [1.29, 1.82) is 0 Å². The van der Waals surface area contributed by atoms with Crippen molar-refractivity contribution in [3.8, 4) is 0 Å². The van der Waals surface area contributed by atoms with Crippen LogP contribution in [0.25, 0.3) is 10.4 Å². The highest BCUT2D eigenvalue weighted by atomic mass is 16.2. The Labute approximate surface area is 103 Å². The predicted molar refractivity (Wildman–Crippen MR) is 65.5 cm³/mol. The molecule has 0 radical (unpaired) electrons. The van der Waals surface area contributed by atoms with Gasteiger partial charge in [-0.2, -0.15) is 0 Å². The average Bonchev–Trinajstić information content (AvgIpc) is 2.33. The third-order valence-corrected chi connectivity index (χ3v) is 2.77. The van der Waals surface area contributed by atoms with Crippen molar-refractivity contribution in [2.24, 2.45) is 5.11 Å². The summed E-state index contributed by atoms with van der Waals surface area (Å²) < 4.78 is 0. The van der Waals surface area contributed by atoms with E-state index < -0.39 is 6.03 Å². The molecule has 7 nitrogen and oxygen atoms in total. The maximum Gasteiger partial charge on any atom is 0.328 e. The summed E-state index contributed by atoms with van der Waals surface area (Å²) in [5.41, 5.74) is 10.3. The summed E-state index contributed by atoms with van der Waals surface area (Å²) in [5.74, 6) is -0.278. The van der Waals surface area contributed by atoms with Crippen molar-refractivity contribution >= 4 is 23.3 Å². The number of rotatable bonds is 2. The van der Waals surface area contributed by atoms with Gasteiger partial charge in [0.25, 0.3) is 0 Å². The highest BCUT2D eigenvalue weighted by Gasteiger charge is 2.25. The van der Waals surface area contributed by atoms with Crippen LogP contribution in [-0.4, -0.2) is 18.5 Å². The summed E-state index contributed by atoms with van der Waals surface area (Å²) in [4.78, 5) is 27.0. The van der Waals surface area contributed by atoms with Crippen LogP contribution in [0.1, 0.15) is 12.0 Å². The number of carbonyl (C=O) groups is 2. The fourth-order valence-electron chi connectivity index (χ4n) is 1.85. The second kappa shape index (κ2) is 4.77. The largest absolute Gasteiger partial charge is 0.328 e. The van der Waals surface area contributed by atoms with Gasteiger partial charge in [0.2, 0.25) is 5.91 Å². The Morgan fingerprint density at radius 3 is 2.89 bits per heavy atom. The molecular weight excluding hydrogens is 234 g/mol. The Morgan fingerprint density at radius 1 is 1.44 bits per heavy atom. The normalized spacial score (nSPS) is 15.1. The Hall–Kier alpha value is -2.53. The van der Waals surface area contributed by atoms with Gasteiger partial charge in [-0.25, -0.2) is 4.79 Å². The van der Waals surface area contributed by atoms with Crippen LogP contribution in [0.3, 0.4) is 0 Å². The Morgan fingerprint density at radius 2 is 2.22 bits per heavy atom. The standard InChI is InChI=1S/C11H11N5O2/c1-7-8(14-15-12)3-2-4-9(7)16-6-5-10(17)13-11(16)18/h2-4H,5-6H2,1H3,(H,13,17,18). The fourth-order valence-corrected chi connectivity index (χ4v) is 1.85. The van der Waals surface area contributed by atoms with E-state index in [1.54, 1.807) is 25.1 Å². The first-order chi connectivity index (χ1) is 8.63. The molecule has 1 saturated heterocycles. The number of anilines is 1. The number of urea groups is 1. The molecule has 1 fully saturated rings. The number of nitrogens with zero attached hydrogens (tertiary/aromatic N) is 4. The van der Waals surface area contributed by atoms with Crippen molar-refractivity contribution in [1.82, 2.24) is 5.32 Å². The molecule has 0 atom stereocenters. The van der Waals surface area contributed by atoms with Crippen LogP contribution in [0, 0.1) is 6.92 Å². The molecule has 3 amide bonds. The van der Waals surface area contributed by atoms with Gasteiger partial charge in [0.1, 0.15) is 0 Å². The first-order valence-corrected chi connectivity index (χ1v) is 5.39. The predicted octanol–water partition coefficient (Wildman–Crippen LogP) is 2.38. The third-order valence-electron chi connectivity index (χ3n) is 2.77. The van der Waals surface area contributed by atoms with E-state index >= 15 is 0 Å². The van der Waals surface area contributed by atoms with E-state index in [1.807, 2.05) is 0 Å². The van der Waals surface area contributed by atoms with Crippen LogP contribution in [-0.2, 0) is 4.79 Å². The van der Waals surface area contributed by atoms with Gasteiger partial charge in [-0.05, 0) is 24.1 Å². The topological polar surface area (TPSA) is 98.2 Å². The van der Waals surface area contributed by atoms with Gasteiger partial charge in [0.05, 0.1) is 0 Å². The van der Waals surface area contributed by atoms with Crippen LogP contribution < -0.4 is 10.2 Å². The minimum atomic E-state index is -0.451. The number of nitrogens with one attached hydrogen (secondary N) is 1. The maximum absolute atomic E-state index is 11.7.